The number of aromatic nitrogens is 5. The highest BCUT2D eigenvalue weighted by atomic mass is 16.5. The Kier molecular flexibility index (Phi) is 4.09. The first kappa shape index (κ1) is 16.0. The number of hydrogen-bond donors (Lipinski definition) is 0. The summed E-state index contributed by atoms with van der Waals surface area (Å²) in [6, 6.07) is 6.04. The van der Waals surface area contributed by atoms with Gasteiger partial charge in [-0.3, -0.25) is 14.6 Å². The van der Waals surface area contributed by atoms with Crippen LogP contribution in [0.1, 0.15) is 41.7 Å². The molecule has 0 radical (unpaired) electrons. The van der Waals surface area contributed by atoms with Crippen molar-refractivity contribution in [2.45, 2.75) is 39.3 Å². The topological polar surface area (TPSA) is 72.9 Å². The van der Waals surface area contributed by atoms with Gasteiger partial charge in [0, 0.05) is 30.5 Å². The van der Waals surface area contributed by atoms with Crippen molar-refractivity contribution in [3.8, 4) is 11.5 Å². The molecule has 1 atom stereocenters. The molecule has 1 fully saturated rings. The van der Waals surface area contributed by atoms with Crippen LogP contribution in [0.4, 0.5) is 0 Å². The van der Waals surface area contributed by atoms with Crippen LogP contribution in [0.15, 0.2) is 28.9 Å². The molecular weight excluding hydrogens is 316 g/mol. The van der Waals surface area contributed by atoms with Crippen molar-refractivity contribution in [1.82, 2.24) is 29.8 Å². The van der Waals surface area contributed by atoms with Crippen LogP contribution in [0, 0.1) is 13.8 Å². The molecule has 0 saturated carbocycles. The molecule has 0 N–H and O–H groups in total. The van der Waals surface area contributed by atoms with Gasteiger partial charge in [-0.2, -0.15) is 10.1 Å². The van der Waals surface area contributed by atoms with Crippen LogP contribution >= 0.6 is 0 Å². The molecule has 0 unspecified atom stereocenters. The second-order valence-electron chi connectivity index (χ2n) is 6.56. The zero-order chi connectivity index (χ0) is 17.4. The number of aryl methyl sites for hydroxylation is 2. The maximum atomic E-state index is 5.47. The fourth-order valence-corrected chi connectivity index (χ4v) is 3.71. The fraction of sp³-hybridized carbons (Fsp3) is 0.444. The summed E-state index contributed by atoms with van der Waals surface area (Å²) in [5.74, 6) is 1.17. The van der Waals surface area contributed by atoms with Crippen LogP contribution < -0.4 is 0 Å². The van der Waals surface area contributed by atoms with Crippen molar-refractivity contribution in [3.63, 3.8) is 0 Å². The van der Waals surface area contributed by atoms with E-state index in [4.69, 9.17) is 4.52 Å². The Morgan fingerprint density at radius 2 is 2.16 bits per heavy atom. The summed E-state index contributed by atoms with van der Waals surface area (Å²) in [6.45, 7) is 5.90. The normalized spacial score (nSPS) is 18.1. The molecule has 25 heavy (non-hydrogen) atoms. The molecule has 7 heteroatoms. The van der Waals surface area contributed by atoms with E-state index in [-0.39, 0.29) is 0 Å². The largest absolute Gasteiger partial charge is 0.337 e. The van der Waals surface area contributed by atoms with Gasteiger partial charge in [-0.15, -0.1) is 0 Å². The highest BCUT2D eigenvalue weighted by Crippen LogP contribution is 2.36. The van der Waals surface area contributed by atoms with Gasteiger partial charge in [-0.1, -0.05) is 11.2 Å². The Balaban J connectivity index is 1.55. The predicted molar refractivity (Wildman–Crippen MR) is 92.6 cm³/mol. The van der Waals surface area contributed by atoms with E-state index < -0.39 is 0 Å². The van der Waals surface area contributed by atoms with E-state index in [0.717, 1.165) is 24.4 Å². The lowest BCUT2D eigenvalue weighted by atomic mass is 10.0. The number of pyridine rings is 1. The van der Waals surface area contributed by atoms with Crippen molar-refractivity contribution in [1.29, 1.82) is 0 Å². The third kappa shape index (κ3) is 2.95. The summed E-state index contributed by atoms with van der Waals surface area (Å²) < 4.78 is 7.43. The van der Waals surface area contributed by atoms with Crippen LogP contribution in [0.2, 0.25) is 0 Å². The molecule has 0 bridgehead atoms. The first-order valence-corrected chi connectivity index (χ1v) is 8.61. The third-order valence-corrected chi connectivity index (χ3v) is 4.96. The number of rotatable bonds is 4. The van der Waals surface area contributed by atoms with E-state index in [1.165, 1.54) is 17.7 Å². The van der Waals surface area contributed by atoms with E-state index in [1.807, 2.05) is 29.9 Å². The lowest BCUT2D eigenvalue weighted by Gasteiger charge is -2.23. The van der Waals surface area contributed by atoms with Gasteiger partial charge >= 0.3 is 0 Å². The summed E-state index contributed by atoms with van der Waals surface area (Å²) in [7, 11) is 2.00. The van der Waals surface area contributed by atoms with E-state index in [9.17, 15) is 0 Å². The third-order valence-electron chi connectivity index (χ3n) is 4.96. The van der Waals surface area contributed by atoms with Crippen LogP contribution in [-0.2, 0) is 13.6 Å². The lowest BCUT2D eigenvalue weighted by molar-refractivity contribution is 0.211. The van der Waals surface area contributed by atoms with Crippen LogP contribution in [-0.4, -0.2) is 36.3 Å². The molecule has 0 amide bonds. The highest BCUT2D eigenvalue weighted by Gasteiger charge is 2.31. The summed E-state index contributed by atoms with van der Waals surface area (Å²) in [4.78, 5) is 11.2. The van der Waals surface area contributed by atoms with Crippen molar-refractivity contribution in [2.24, 2.45) is 7.05 Å². The molecule has 4 rings (SSSR count). The Labute approximate surface area is 146 Å². The molecule has 4 heterocycles. The molecule has 1 aliphatic heterocycles. The quantitative estimate of drug-likeness (QED) is 0.728. The lowest BCUT2D eigenvalue weighted by Crippen LogP contribution is -2.23. The zero-order valence-electron chi connectivity index (χ0n) is 14.8. The van der Waals surface area contributed by atoms with Gasteiger partial charge in [0.2, 0.25) is 11.7 Å². The van der Waals surface area contributed by atoms with E-state index in [0.29, 0.717) is 24.3 Å². The van der Waals surface area contributed by atoms with E-state index >= 15 is 0 Å². The van der Waals surface area contributed by atoms with Crippen LogP contribution in [0.25, 0.3) is 11.5 Å². The number of likely N-dealkylation sites (tertiary alicyclic amines) is 1. The van der Waals surface area contributed by atoms with E-state index in [2.05, 4.69) is 39.0 Å². The van der Waals surface area contributed by atoms with Crippen molar-refractivity contribution < 1.29 is 4.52 Å². The van der Waals surface area contributed by atoms with Gasteiger partial charge in [0.05, 0.1) is 12.2 Å². The first-order chi connectivity index (χ1) is 12.1. The SMILES string of the molecule is Cc1nn(C)c(C)c1[C@@H]1CCCN1Cc1nc(-c2ccccn2)no1. The number of nitrogens with zero attached hydrogens (tertiary/aromatic N) is 6. The second kappa shape index (κ2) is 6.40. The molecule has 130 valence electrons. The molecule has 0 spiro atoms. The molecule has 7 nitrogen and oxygen atoms in total. The van der Waals surface area contributed by atoms with Gasteiger partial charge in [0.25, 0.3) is 0 Å². The fourth-order valence-electron chi connectivity index (χ4n) is 3.71. The monoisotopic (exact) mass is 338 g/mol. The van der Waals surface area contributed by atoms with Crippen LogP contribution in [0.5, 0.6) is 0 Å². The maximum Gasteiger partial charge on any atom is 0.241 e. The minimum Gasteiger partial charge on any atom is -0.337 e. The minimum absolute atomic E-state index is 0.360. The number of hydrogen-bond acceptors (Lipinski definition) is 6. The predicted octanol–water partition coefficient (Wildman–Crippen LogP) is 2.82. The summed E-state index contributed by atoms with van der Waals surface area (Å²) in [6.07, 6.45) is 4.03. The van der Waals surface area contributed by atoms with E-state index in [1.54, 1.807) is 6.20 Å². The first-order valence-electron chi connectivity index (χ1n) is 8.61. The highest BCUT2D eigenvalue weighted by molar-refractivity contribution is 5.47. The standard InChI is InChI=1S/C18H22N6O/c1-12-17(13(2)23(3)21-12)15-8-6-10-24(15)11-16-20-18(22-25-16)14-7-4-5-9-19-14/h4-5,7,9,15H,6,8,10-11H2,1-3H3/t15-/m0/s1. The molecule has 1 saturated heterocycles. The van der Waals surface area contributed by atoms with Crippen LogP contribution in [0.3, 0.4) is 0 Å². The molecule has 3 aromatic heterocycles. The van der Waals surface area contributed by atoms with Crippen molar-refractivity contribution in [3.05, 3.63) is 47.2 Å². The average Bonchev–Trinajstić information content (AvgIpc) is 3.31. The van der Waals surface area contributed by atoms with Gasteiger partial charge in [0.1, 0.15) is 5.69 Å². The van der Waals surface area contributed by atoms with Gasteiger partial charge < -0.3 is 4.52 Å². The zero-order valence-corrected chi connectivity index (χ0v) is 14.8. The Morgan fingerprint density at radius 1 is 1.28 bits per heavy atom. The van der Waals surface area contributed by atoms with Gasteiger partial charge in [-0.25, -0.2) is 0 Å². The molecule has 3 aromatic rings. The molecular formula is C18H22N6O. The Hall–Kier alpha value is -2.54. The maximum absolute atomic E-state index is 5.47. The molecule has 0 aliphatic carbocycles. The smallest absolute Gasteiger partial charge is 0.241 e. The Bertz CT molecular complexity index is 869. The summed E-state index contributed by atoms with van der Waals surface area (Å²) in [5, 5.41) is 8.64. The molecule has 0 aromatic carbocycles. The van der Waals surface area contributed by atoms with Gasteiger partial charge in [0.15, 0.2) is 0 Å². The summed E-state index contributed by atoms with van der Waals surface area (Å²) in [5.41, 5.74) is 4.41. The summed E-state index contributed by atoms with van der Waals surface area (Å²) >= 11 is 0. The van der Waals surface area contributed by atoms with Crippen molar-refractivity contribution in [2.75, 3.05) is 6.54 Å². The Morgan fingerprint density at radius 3 is 2.88 bits per heavy atom. The average molecular weight is 338 g/mol. The van der Waals surface area contributed by atoms with Gasteiger partial charge in [-0.05, 0) is 45.4 Å². The van der Waals surface area contributed by atoms with Crippen molar-refractivity contribution >= 4 is 0 Å². The molecule has 1 aliphatic rings. The second-order valence-corrected chi connectivity index (χ2v) is 6.56. The minimum atomic E-state index is 0.360.